The number of nitrogens with zero attached hydrogens (tertiary/aromatic N) is 2. The molecule has 3 rings (SSSR count). The number of anilines is 2. The van der Waals surface area contributed by atoms with Crippen molar-refractivity contribution in [1.82, 2.24) is 15.3 Å². The molecule has 1 aromatic carbocycles. The van der Waals surface area contributed by atoms with Crippen LogP contribution in [0.5, 0.6) is 0 Å². The maximum absolute atomic E-state index is 8.45. The Morgan fingerprint density at radius 3 is 2.92 bits per heavy atom. The molecule has 0 atom stereocenters. The van der Waals surface area contributed by atoms with Crippen molar-refractivity contribution < 1.29 is 0 Å². The molecule has 0 unspecified atom stereocenters. The minimum Gasteiger partial charge on any atom is -0.383 e. The van der Waals surface area contributed by atoms with Gasteiger partial charge < -0.3 is 16.4 Å². The maximum atomic E-state index is 8.45. The third-order valence-electron chi connectivity index (χ3n) is 4.14. The molecule has 1 saturated heterocycles. The van der Waals surface area contributed by atoms with Crippen molar-refractivity contribution in [1.29, 1.82) is 5.41 Å². The van der Waals surface area contributed by atoms with E-state index in [-0.39, 0.29) is 0 Å². The average Bonchev–Trinajstić information content (AvgIpc) is 2.61. The molecule has 1 aromatic heterocycles. The fraction of sp³-hybridized carbons (Fsp3) is 0.353. The van der Waals surface area contributed by atoms with E-state index in [4.69, 9.17) is 22.7 Å². The van der Waals surface area contributed by atoms with Crippen LogP contribution < -0.4 is 16.4 Å². The Hall–Kier alpha value is -1.83. The van der Waals surface area contributed by atoms with Gasteiger partial charge in [0, 0.05) is 16.5 Å². The first kappa shape index (κ1) is 18.0. The van der Waals surface area contributed by atoms with Gasteiger partial charge in [-0.3, -0.25) is 5.41 Å². The number of hydrogen-bond donors (Lipinski definition) is 4. The van der Waals surface area contributed by atoms with E-state index in [0.717, 1.165) is 37.4 Å². The summed E-state index contributed by atoms with van der Waals surface area (Å²) in [5.74, 6) is 1.52. The van der Waals surface area contributed by atoms with E-state index in [1.807, 2.05) is 18.2 Å². The molecule has 8 heteroatoms. The Balaban J connectivity index is 1.74. The smallest absolute Gasteiger partial charge is 0.141 e. The summed E-state index contributed by atoms with van der Waals surface area (Å²) >= 11 is 7.31. The Morgan fingerprint density at radius 2 is 2.16 bits per heavy atom. The molecule has 0 radical (unpaired) electrons. The number of nitrogens with one attached hydrogen (secondary N) is 3. The number of rotatable bonds is 5. The van der Waals surface area contributed by atoms with Gasteiger partial charge in [-0.25, -0.2) is 9.97 Å². The molecule has 6 nitrogen and oxygen atoms in total. The fourth-order valence-electron chi connectivity index (χ4n) is 2.78. The number of aromatic nitrogens is 2. The van der Waals surface area contributed by atoms with Crippen molar-refractivity contribution in [3.05, 3.63) is 41.2 Å². The number of piperidine rings is 1. The summed E-state index contributed by atoms with van der Waals surface area (Å²) < 4.78 is 0. The molecule has 132 valence electrons. The van der Waals surface area contributed by atoms with Crippen molar-refractivity contribution in [2.24, 2.45) is 5.92 Å². The molecule has 2 heterocycles. The predicted octanol–water partition coefficient (Wildman–Crippen LogP) is 3.24. The van der Waals surface area contributed by atoms with Crippen LogP contribution in [0.4, 0.5) is 11.6 Å². The monoisotopic (exact) mass is 376 g/mol. The molecular formula is C17H21ClN6S. The molecular weight excluding hydrogens is 356 g/mol. The second-order valence-electron chi connectivity index (χ2n) is 5.95. The number of halogens is 1. The maximum Gasteiger partial charge on any atom is 0.141 e. The SMILES string of the molecule is N=C(Sc1cccc(Cl)c1)c1c(N)ncnc1NCC1CCNCC1. The van der Waals surface area contributed by atoms with Crippen LogP contribution in [0.1, 0.15) is 18.4 Å². The van der Waals surface area contributed by atoms with Crippen molar-refractivity contribution in [3.8, 4) is 0 Å². The van der Waals surface area contributed by atoms with Gasteiger partial charge >= 0.3 is 0 Å². The van der Waals surface area contributed by atoms with Gasteiger partial charge in [-0.1, -0.05) is 29.4 Å². The zero-order valence-corrected chi connectivity index (χ0v) is 15.3. The Labute approximate surface area is 156 Å². The van der Waals surface area contributed by atoms with Crippen molar-refractivity contribution in [3.63, 3.8) is 0 Å². The van der Waals surface area contributed by atoms with Gasteiger partial charge in [0.05, 0.1) is 5.56 Å². The van der Waals surface area contributed by atoms with Gasteiger partial charge in [0.1, 0.15) is 23.0 Å². The van der Waals surface area contributed by atoms with Crippen LogP contribution in [0.3, 0.4) is 0 Å². The minimum atomic E-state index is 0.299. The standard InChI is InChI=1S/C17H21ClN6S/c18-12-2-1-3-13(8-12)25-16(20)14-15(19)23-10-24-17(14)22-9-11-4-6-21-7-5-11/h1-3,8,10-11,20-21H,4-7,9H2,(H3,19,22,23,24). The van der Waals surface area contributed by atoms with Crippen molar-refractivity contribution in [2.45, 2.75) is 17.7 Å². The first-order valence-electron chi connectivity index (χ1n) is 8.21. The zero-order valence-electron chi connectivity index (χ0n) is 13.8. The van der Waals surface area contributed by atoms with Gasteiger partial charge in [-0.05, 0) is 50.0 Å². The van der Waals surface area contributed by atoms with E-state index >= 15 is 0 Å². The first-order chi connectivity index (χ1) is 12.1. The molecule has 0 spiro atoms. The molecule has 1 aliphatic heterocycles. The third-order valence-corrected chi connectivity index (χ3v) is 5.27. The fourth-order valence-corrected chi connectivity index (χ4v) is 3.91. The lowest BCUT2D eigenvalue weighted by molar-refractivity contribution is 0.389. The zero-order chi connectivity index (χ0) is 17.6. The normalized spacial score (nSPS) is 15.1. The molecule has 5 N–H and O–H groups in total. The van der Waals surface area contributed by atoms with Crippen LogP contribution in [0.25, 0.3) is 0 Å². The van der Waals surface area contributed by atoms with Crippen LogP contribution in [-0.4, -0.2) is 34.6 Å². The van der Waals surface area contributed by atoms with E-state index in [9.17, 15) is 0 Å². The van der Waals surface area contributed by atoms with Crippen molar-refractivity contribution >= 4 is 40.0 Å². The lowest BCUT2D eigenvalue weighted by Crippen LogP contribution is -2.31. The van der Waals surface area contributed by atoms with E-state index < -0.39 is 0 Å². The highest BCUT2D eigenvalue weighted by molar-refractivity contribution is 8.14. The third kappa shape index (κ3) is 4.84. The van der Waals surface area contributed by atoms with Crippen LogP contribution in [0, 0.1) is 11.3 Å². The lowest BCUT2D eigenvalue weighted by Gasteiger charge is -2.23. The van der Waals surface area contributed by atoms with Crippen molar-refractivity contribution in [2.75, 3.05) is 30.7 Å². The number of thioether (sulfide) groups is 1. The minimum absolute atomic E-state index is 0.299. The number of hydrogen-bond acceptors (Lipinski definition) is 7. The molecule has 0 bridgehead atoms. The Bertz CT molecular complexity index is 748. The average molecular weight is 377 g/mol. The number of benzene rings is 1. The lowest BCUT2D eigenvalue weighted by atomic mass is 9.98. The summed E-state index contributed by atoms with van der Waals surface area (Å²) in [5, 5.41) is 16.1. The van der Waals surface area contributed by atoms with Gasteiger partial charge in [-0.2, -0.15) is 0 Å². The molecule has 0 amide bonds. The van der Waals surface area contributed by atoms with E-state index in [1.165, 1.54) is 18.1 Å². The Morgan fingerprint density at radius 1 is 1.36 bits per heavy atom. The van der Waals surface area contributed by atoms with Gasteiger partial charge in [-0.15, -0.1) is 0 Å². The summed E-state index contributed by atoms with van der Waals surface area (Å²) in [6.07, 6.45) is 3.70. The number of nitrogen functional groups attached to an aromatic ring is 1. The van der Waals surface area contributed by atoms with Crippen LogP contribution in [0.2, 0.25) is 5.02 Å². The molecule has 0 saturated carbocycles. The quantitative estimate of drug-likeness (QED) is 0.363. The Kier molecular flexibility index (Phi) is 6.12. The summed E-state index contributed by atoms with van der Waals surface area (Å²) in [7, 11) is 0. The summed E-state index contributed by atoms with van der Waals surface area (Å²) in [5.41, 5.74) is 6.58. The molecule has 1 aliphatic rings. The first-order valence-corrected chi connectivity index (χ1v) is 9.40. The van der Waals surface area contributed by atoms with E-state index in [0.29, 0.717) is 33.2 Å². The largest absolute Gasteiger partial charge is 0.383 e. The molecule has 25 heavy (non-hydrogen) atoms. The van der Waals surface area contributed by atoms with E-state index in [1.54, 1.807) is 6.07 Å². The second kappa shape index (κ2) is 8.51. The summed E-state index contributed by atoms with van der Waals surface area (Å²) in [4.78, 5) is 9.24. The highest BCUT2D eigenvalue weighted by Gasteiger charge is 2.18. The van der Waals surface area contributed by atoms with Gasteiger partial charge in [0.25, 0.3) is 0 Å². The highest BCUT2D eigenvalue weighted by atomic mass is 35.5. The highest BCUT2D eigenvalue weighted by Crippen LogP contribution is 2.30. The summed E-state index contributed by atoms with van der Waals surface area (Å²) in [6.45, 7) is 2.91. The second-order valence-corrected chi connectivity index (χ2v) is 7.47. The number of nitrogens with two attached hydrogens (primary N) is 1. The van der Waals surface area contributed by atoms with Crippen LogP contribution >= 0.6 is 23.4 Å². The molecule has 1 fully saturated rings. The van der Waals surface area contributed by atoms with Gasteiger partial charge in [0.2, 0.25) is 0 Å². The predicted molar refractivity (Wildman–Crippen MR) is 105 cm³/mol. The van der Waals surface area contributed by atoms with Crippen LogP contribution in [-0.2, 0) is 0 Å². The summed E-state index contributed by atoms with van der Waals surface area (Å²) in [6, 6.07) is 7.40. The molecule has 2 aromatic rings. The topological polar surface area (TPSA) is 99.7 Å². The molecule has 0 aliphatic carbocycles. The van der Waals surface area contributed by atoms with Gasteiger partial charge in [0.15, 0.2) is 0 Å². The van der Waals surface area contributed by atoms with E-state index in [2.05, 4.69) is 20.6 Å². The van der Waals surface area contributed by atoms with Crippen LogP contribution in [0.15, 0.2) is 35.5 Å².